The molecule has 0 radical (unpaired) electrons. The summed E-state index contributed by atoms with van der Waals surface area (Å²) < 4.78 is 10.7. The third-order valence-corrected chi connectivity index (χ3v) is 2.54. The third kappa shape index (κ3) is 2.91. The van der Waals surface area contributed by atoms with Crippen LogP contribution in [0.15, 0.2) is 36.4 Å². The first-order valence-corrected chi connectivity index (χ1v) is 5.68. The zero-order valence-corrected chi connectivity index (χ0v) is 10.5. The van der Waals surface area contributed by atoms with Crippen molar-refractivity contribution in [1.82, 2.24) is 4.98 Å². The van der Waals surface area contributed by atoms with E-state index in [2.05, 4.69) is 4.98 Å². The maximum Gasteiger partial charge on any atom is 0.143 e. The van der Waals surface area contributed by atoms with Crippen LogP contribution in [0.5, 0.6) is 11.5 Å². The Labute approximate surface area is 106 Å². The summed E-state index contributed by atoms with van der Waals surface area (Å²) in [5, 5.41) is 0. The lowest BCUT2D eigenvalue weighted by Crippen LogP contribution is -2.01. The number of rotatable bonds is 4. The van der Waals surface area contributed by atoms with Gasteiger partial charge in [0.2, 0.25) is 0 Å². The number of nitrogen functional groups attached to an aromatic ring is 1. The molecular formula is C14H16N2O2. The van der Waals surface area contributed by atoms with E-state index in [0.29, 0.717) is 23.8 Å². The van der Waals surface area contributed by atoms with E-state index >= 15 is 0 Å². The molecule has 2 N–H and O–H groups in total. The van der Waals surface area contributed by atoms with E-state index in [4.69, 9.17) is 15.2 Å². The van der Waals surface area contributed by atoms with Crippen molar-refractivity contribution in [3.63, 3.8) is 0 Å². The Kier molecular flexibility index (Phi) is 3.67. The van der Waals surface area contributed by atoms with Gasteiger partial charge in [0.1, 0.15) is 18.1 Å². The molecule has 0 saturated heterocycles. The molecule has 0 atom stereocenters. The first kappa shape index (κ1) is 12.2. The Morgan fingerprint density at radius 1 is 1.22 bits per heavy atom. The molecule has 0 aliphatic carbocycles. The summed E-state index contributed by atoms with van der Waals surface area (Å²) in [5.41, 5.74) is 8.27. The minimum absolute atomic E-state index is 0.401. The van der Waals surface area contributed by atoms with Crippen LogP contribution >= 0.6 is 0 Å². The second-order valence-corrected chi connectivity index (χ2v) is 3.96. The number of aromatic nitrogens is 1. The van der Waals surface area contributed by atoms with Gasteiger partial charge in [0, 0.05) is 11.8 Å². The van der Waals surface area contributed by atoms with Crippen LogP contribution in [0.3, 0.4) is 0 Å². The molecule has 0 unspecified atom stereocenters. The molecule has 94 valence electrons. The van der Waals surface area contributed by atoms with Gasteiger partial charge in [-0.15, -0.1) is 0 Å². The van der Waals surface area contributed by atoms with Crippen molar-refractivity contribution < 1.29 is 9.47 Å². The fraction of sp³-hybridized carbons (Fsp3) is 0.214. The van der Waals surface area contributed by atoms with Crippen molar-refractivity contribution in [3.05, 3.63) is 47.8 Å². The standard InChI is InChI=1S/C14H16N2O2/c1-10-4-3-5-11(16-10)9-18-14-7-6-12(17-2)8-13(14)15/h3-8H,9,15H2,1-2H3. The summed E-state index contributed by atoms with van der Waals surface area (Å²) in [7, 11) is 1.60. The minimum Gasteiger partial charge on any atom is -0.497 e. The van der Waals surface area contributed by atoms with Crippen LogP contribution in [0.2, 0.25) is 0 Å². The van der Waals surface area contributed by atoms with Crippen LogP contribution in [0.4, 0.5) is 5.69 Å². The van der Waals surface area contributed by atoms with Crippen molar-refractivity contribution in [1.29, 1.82) is 0 Å². The molecule has 4 nitrogen and oxygen atoms in total. The Morgan fingerprint density at radius 2 is 2.06 bits per heavy atom. The molecule has 0 spiro atoms. The van der Waals surface area contributed by atoms with Gasteiger partial charge in [0.05, 0.1) is 18.5 Å². The molecule has 18 heavy (non-hydrogen) atoms. The van der Waals surface area contributed by atoms with E-state index in [-0.39, 0.29) is 0 Å². The van der Waals surface area contributed by atoms with Crippen LogP contribution < -0.4 is 15.2 Å². The van der Waals surface area contributed by atoms with Crippen LogP contribution in [0, 0.1) is 6.92 Å². The zero-order chi connectivity index (χ0) is 13.0. The van der Waals surface area contributed by atoms with Gasteiger partial charge in [-0.1, -0.05) is 6.07 Å². The van der Waals surface area contributed by atoms with E-state index < -0.39 is 0 Å². The van der Waals surface area contributed by atoms with Crippen LogP contribution in [-0.4, -0.2) is 12.1 Å². The van der Waals surface area contributed by atoms with Gasteiger partial charge >= 0.3 is 0 Å². The van der Waals surface area contributed by atoms with E-state index in [1.165, 1.54) is 0 Å². The number of benzene rings is 1. The first-order chi connectivity index (χ1) is 8.69. The average molecular weight is 244 g/mol. The van der Waals surface area contributed by atoms with Crippen LogP contribution in [0.25, 0.3) is 0 Å². The number of ether oxygens (including phenoxy) is 2. The molecule has 1 heterocycles. The molecule has 0 amide bonds. The smallest absolute Gasteiger partial charge is 0.143 e. The van der Waals surface area contributed by atoms with Crippen LogP contribution in [-0.2, 0) is 6.61 Å². The summed E-state index contributed by atoms with van der Waals surface area (Å²) in [5.74, 6) is 1.35. The van der Waals surface area contributed by atoms with E-state index in [1.54, 1.807) is 19.2 Å². The van der Waals surface area contributed by atoms with Gasteiger partial charge in [-0.2, -0.15) is 0 Å². The molecule has 2 aromatic rings. The lowest BCUT2D eigenvalue weighted by atomic mass is 10.3. The van der Waals surface area contributed by atoms with Crippen molar-refractivity contribution >= 4 is 5.69 Å². The average Bonchev–Trinajstić information content (AvgIpc) is 2.37. The number of hydrogen-bond donors (Lipinski definition) is 1. The van der Waals surface area contributed by atoms with Gasteiger partial charge in [0.25, 0.3) is 0 Å². The van der Waals surface area contributed by atoms with Crippen molar-refractivity contribution in [3.8, 4) is 11.5 Å². The molecule has 2 rings (SSSR count). The number of hydrogen-bond acceptors (Lipinski definition) is 4. The number of nitrogens with zero attached hydrogens (tertiary/aromatic N) is 1. The fourth-order valence-electron chi connectivity index (χ4n) is 1.62. The lowest BCUT2D eigenvalue weighted by Gasteiger charge is -2.10. The first-order valence-electron chi connectivity index (χ1n) is 5.68. The minimum atomic E-state index is 0.401. The third-order valence-electron chi connectivity index (χ3n) is 2.54. The highest BCUT2D eigenvalue weighted by molar-refractivity contribution is 5.56. The molecule has 1 aromatic heterocycles. The van der Waals surface area contributed by atoms with Crippen molar-refractivity contribution in [2.24, 2.45) is 0 Å². The number of methoxy groups -OCH3 is 1. The summed E-state index contributed by atoms with van der Waals surface area (Å²) in [4.78, 5) is 4.36. The summed E-state index contributed by atoms with van der Waals surface area (Å²) >= 11 is 0. The van der Waals surface area contributed by atoms with Gasteiger partial charge in [-0.05, 0) is 31.2 Å². The van der Waals surface area contributed by atoms with Gasteiger partial charge < -0.3 is 15.2 Å². The maximum atomic E-state index is 5.87. The highest BCUT2D eigenvalue weighted by Crippen LogP contribution is 2.26. The fourth-order valence-corrected chi connectivity index (χ4v) is 1.62. The zero-order valence-electron chi connectivity index (χ0n) is 10.5. The van der Waals surface area contributed by atoms with Crippen LogP contribution in [0.1, 0.15) is 11.4 Å². The van der Waals surface area contributed by atoms with Gasteiger partial charge in [-0.3, -0.25) is 4.98 Å². The number of anilines is 1. The Balaban J connectivity index is 2.06. The normalized spacial score (nSPS) is 10.1. The predicted octanol–water partition coefficient (Wildman–Crippen LogP) is 2.56. The molecule has 0 fully saturated rings. The molecule has 0 bridgehead atoms. The molecule has 4 heteroatoms. The molecule has 1 aromatic carbocycles. The molecule has 0 saturated carbocycles. The number of nitrogens with two attached hydrogens (primary N) is 1. The highest BCUT2D eigenvalue weighted by atomic mass is 16.5. The van der Waals surface area contributed by atoms with Gasteiger partial charge in [0.15, 0.2) is 0 Å². The molecule has 0 aliphatic rings. The van der Waals surface area contributed by atoms with Crippen molar-refractivity contribution in [2.75, 3.05) is 12.8 Å². The maximum absolute atomic E-state index is 5.87. The quantitative estimate of drug-likeness (QED) is 0.840. The lowest BCUT2D eigenvalue weighted by molar-refractivity contribution is 0.302. The summed E-state index contributed by atoms with van der Waals surface area (Å²) in [6, 6.07) is 11.2. The van der Waals surface area contributed by atoms with E-state index in [1.807, 2.05) is 31.2 Å². The number of aryl methyl sites for hydroxylation is 1. The SMILES string of the molecule is COc1ccc(OCc2cccc(C)n2)c(N)c1. The van der Waals surface area contributed by atoms with Gasteiger partial charge in [-0.25, -0.2) is 0 Å². The summed E-state index contributed by atoms with van der Waals surface area (Å²) in [6.45, 7) is 2.35. The monoisotopic (exact) mass is 244 g/mol. The number of pyridine rings is 1. The largest absolute Gasteiger partial charge is 0.497 e. The molecular weight excluding hydrogens is 228 g/mol. The second kappa shape index (κ2) is 5.40. The highest BCUT2D eigenvalue weighted by Gasteiger charge is 2.03. The van der Waals surface area contributed by atoms with E-state index in [0.717, 1.165) is 11.4 Å². The van der Waals surface area contributed by atoms with Crippen molar-refractivity contribution in [2.45, 2.75) is 13.5 Å². The Bertz CT molecular complexity index is 541. The molecule has 0 aliphatic heterocycles. The topological polar surface area (TPSA) is 57.4 Å². The Hall–Kier alpha value is -2.23. The second-order valence-electron chi connectivity index (χ2n) is 3.96. The Morgan fingerprint density at radius 3 is 2.72 bits per heavy atom. The summed E-state index contributed by atoms with van der Waals surface area (Å²) in [6.07, 6.45) is 0. The predicted molar refractivity (Wildman–Crippen MR) is 70.7 cm³/mol. The van der Waals surface area contributed by atoms with E-state index in [9.17, 15) is 0 Å².